The number of carbonyl (C=O) groups is 1. The van der Waals surface area contributed by atoms with Gasteiger partial charge in [-0.1, -0.05) is 32.0 Å². The summed E-state index contributed by atoms with van der Waals surface area (Å²) in [7, 11) is 0. The maximum atomic E-state index is 13.4. The van der Waals surface area contributed by atoms with E-state index in [0.29, 0.717) is 18.0 Å². The lowest BCUT2D eigenvalue weighted by Gasteiger charge is -2.21. The Morgan fingerprint density at radius 3 is 2.55 bits per heavy atom. The van der Waals surface area contributed by atoms with E-state index in [4.69, 9.17) is 14.2 Å². The van der Waals surface area contributed by atoms with Crippen LogP contribution in [0.25, 0.3) is 11.1 Å². The second-order valence-corrected chi connectivity index (χ2v) is 7.70. The summed E-state index contributed by atoms with van der Waals surface area (Å²) in [5.41, 5.74) is 3.40. The van der Waals surface area contributed by atoms with Crippen LogP contribution < -0.4 is 19.5 Å². The minimum absolute atomic E-state index is 0.175. The van der Waals surface area contributed by atoms with Gasteiger partial charge in [0.2, 0.25) is 6.79 Å². The largest absolute Gasteiger partial charge is 0.483 e. The number of ether oxygens (including phenoxy) is 3. The zero-order valence-electron chi connectivity index (χ0n) is 18.8. The summed E-state index contributed by atoms with van der Waals surface area (Å²) in [6, 6.07) is 17.6. The molecule has 0 saturated heterocycles. The third-order valence-electron chi connectivity index (χ3n) is 5.52. The summed E-state index contributed by atoms with van der Waals surface area (Å²) in [5, 5.41) is 2.66. The van der Waals surface area contributed by atoms with Crippen molar-refractivity contribution in [2.75, 3.05) is 31.8 Å². The molecule has 4 rings (SSSR count). The Labute approximate surface area is 192 Å². The Bertz CT molecular complexity index is 1130. The van der Waals surface area contributed by atoms with Gasteiger partial charge in [0, 0.05) is 17.8 Å². The molecule has 0 atom stereocenters. The molecule has 0 spiro atoms. The van der Waals surface area contributed by atoms with Gasteiger partial charge < -0.3 is 19.5 Å². The van der Waals surface area contributed by atoms with Crippen LogP contribution in [0.1, 0.15) is 19.4 Å². The summed E-state index contributed by atoms with van der Waals surface area (Å²) >= 11 is 0. The molecule has 1 amide bonds. The van der Waals surface area contributed by atoms with Gasteiger partial charge in [-0.3, -0.25) is 9.69 Å². The first-order valence-corrected chi connectivity index (χ1v) is 11.0. The second-order valence-electron chi connectivity index (χ2n) is 7.70. The molecule has 0 saturated carbocycles. The van der Waals surface area contributed by atoms with E-state index in [2.05, 4.69) is 30.1 Å². The van der Waals surface area contributed by atoms with E-state index in [1.807, 2.05) is 30.3 Å². The van der Waals surface area contributed by atoms with Crippen LogP contribution >= 0.6 is 0 Å². The van der Waals surface area contributed by atoms with Gasteiger partial charge in [0.15, 0.2) is 18.1 Å². The third-order valence-corrected chi connectivity index (χ3v) is 5.52. The second kappa shape index (κ2) is 10.4. The van der Waals surface area contributed by atoms with E-state index >= 15 is 0 Å². The number of amides is 1. The highest BCUT2D eigenvalue weighted by Gasteiger charge is 2.16. The fraction of sp³-hybridized carbons (Fsp3) is 0.269. The van der Waals surface area contributed by atoms with E-state index in [0.717, 1.165) is 41.3 Å². The molecule has 172 valence electrons. The highest BCUT2D eigenvalue weighted by Crippen LogP contribution is 2.37. The lowest BCUT2D eigenvalue weighted by Crippen LogP contribution is -2.24. The van der Waals surface area contributed by atoms with Gasteiger partial charge in [-0.2, -0.15) is 0 Å². The molecule has 0 aliphatic carbocycles. The Kier molecular flexibility index (Phi) is 7.10. The quantitative estimate of drug-likeness (QED) is 0.493. The number of benzene rings is 3. The summed E-state index contributed by atoms with van der Waals surface area (Å²) in [6.07, 6.45) is 0. The lowest BCUT2D eigenvalue weighted by molar-refractivity contribution is -0.118. The van der Waals surface area contributed by atoms with Crippen molar-refractivity contribution >= 4 is 11.6 Å². The van der Waals surface area contributed by atoms with Crippen LogP contribution in [-0.4, -0.2) is 37.3 Å². The van der Waals surface area contributed by atoms with E-state index in [1.54, 1.807) is 12.1 Å². The van der Waals surface area contributed by atoms with Crippen molar-refractivity contribution in [3.8, 4) is 28.4 Å². The molecule has 3 aromatic rings. The average Bonchev–Trinajstić information content (AvgIpc) is 3.29. The molecular weight excluding hydrogens is 423 g/mol. The summed E-state index contributed by atoms with van der Waals surface area (Å²) < 4.78 is 30.2. The molecule has 0 aromatic heterocycles. The Morgan fingerprint density at radius 2 is 1.76 bits per heavy atom. The number of rotatable bonds is 9. The molecule has 0 unspecified atom stereocenters. The normalized spacial score (nSPS) is 12.1. The Hall–Kier alpha value is -3.58. The minimum Gasteiger partial charge on any atom is -0.483 e. The first-order valence-electron chi connectivity index (χ1n) is 11.0. The predicted octanol–water partition coefficient (Wildman–Crippen LogP) is 5.08. The monoisotopic (exact) mass is 450 g/mol. The Balaban J connectivity index is 1.52. The average molecular weight is 451 g/mol. The summed E-state index contributed by atoms with van der Waals surface area (Å²) in [6.45, 7) is 6.75. The van der Waals surface area contributed by atoms with Crippen molar-refractivity contribution in [1.29, 1.82) is 0 Å². The van der Waals surface area contributed by atoms with E-state index in [9.17, 15) is 9.18 Å². The highest BCUT2D eigenvalue weighted by molar-refractivity contribution is 5.91. The molecule has 6 nitrogen and oxygen atoms in total. The first-order chi connectivity index (χ1) is 16.1. The topological polar surface area (TPSA) is 60.0 Å². The summed E-state index contributed by atoms with van der Waals surface area (Å²) in [4.78, 5) is 14.6. The smallest absolute Gasteiger partial charge is 0.262 e. The fourth-order valence-corrected chi connectivity index (χ4v) is 3.69. The number of nitrogens with one attached hydrogen (secondary N) is 1. The van der Waals surface area contributed by atoms with Gasteiger partial charge in [0.05, 0.1) is 0 Å². The van der Waals surface area contributed by atoms with Gasteiger partial charge in [-0.25, -0.2) is 4.39 Å². The van der Waals surface area contributed by atoms with Gasteiger partial charge in [0.1, 0.15) is 11.6 Å². The van der Waals surface area contributed by atoms with Crippen molar-refractivity contribution in [2.24, 2.45) is 0 Å². The molecular formula is C26H27FN2O4. The first kappa shape index (κ1) is 22.6. The van der Waals surface area contributed by atoms with Gasteiger partial charge in [-0.05, 0) is 66.7 Å². The number of hydrogen-bond acceptors (Lipinski definition) is 5. The molecule has 1 aliphatic rings. The maximum absolute atomic E-state index is 13.4. The predicted molar refractivity (Wildman–Crippen MR) is 125 cm³/mol. The van der Waals surface area contributed by atoms with Crippen LogP contribution in [0.5, 0.6) is 17.2 Å². The number of anilines is 1. The molecule has 0 bridgehead atoms. The molecule has 1 N–H and O–H groups in total. The zero-order chi connectivity index (χ0) is 23.2. The van der Waals surface area contributed by atoms with Crippen LogP contribution in [0.4, 0.5) is 10.1 Å². The standard InChI is InChI=1S/C26H27FN2O4/c1-3-29(4-2)15-20-12-18(19-9-11-24-25(13-19)33-17-32-24)8-10-23(20)31-16-26(30)28-22-7-5-6-21(27)14-22/h5-14H,3-4,15-17H2,1-2H3,(H,28,30). The molecule has 1 aliphatic heterocycles. The van der Waals surface area contributed by atoms with Crippen molar-refractivity contribution in [3.05, 3.63) is 72.0 Å². The molecule has 1 heterocycles. The van der Waals surface area contributed by atoms with Crippen molar-refractivity contribution in [2.45, 2.75) is 20.4 Å². The lowest BCUT2D eigenvalue weighted by atomic mass is 10.0. The van der Waals surface area contributed by atoms with Gasteiger partial charge >= 0.3 is 0 Å². The summed E-state index contributed by atoms with van der Waals surface area (Å²) in [5.74, 6) is 1.35. The molecule has 7 heteroatoms. The van der Waals surface area contributed by atoms with Crippen LogP contribution in [-0.2, 0) is 11.3 Å². The van der Waals surface area contributed by atoms with Crippen molar-refractivity contribution < 1.29 is 23.4 Å². The van der Waals surface area contributed by atoms with Crippen LogP contribution in [0.3, 0.4) is 0 Å². The van der Waals surface area contributed by atoms with Crippen LogP contribution in [0.2, 0.25) is 0 Å². The van der Waals surface area contributed by atoms with E-state index < -0.39 is 5.82 Å². The zero-order valence-corrected chi connectivity index (χ0v) is 18.8. The van der Waals surface area contributed by atoms with Gasteiger partial charge in [-0.15, -0.1) is 0 Å². The molecule has 0 radical (unpaired) electrons. The molecule has 33 heavy (non-hydrogen) atoms. The van der Waals surface area contributed by atoms with Crippen LogP contribution in [0, 0.1) is 5.82 Å². The van der Waals surface area contributed by atoms with E-state index in [-0.39, 0.29) is 19.3 Å². The van der Waals surface area contributed by atoms with Crippen LogP contribution in [0.15, 0.2) is 60.7 Å². The van der Waals surface area contributed by atoms with Crippen molar-refractivity contribution in [3.63, 3.8) is 0 Å². The number of carbonyl (C=O) groups excluding carboxylic acids is 1. The number of nitrogens with zero attached hydrogens (tertiary/aromatic N) is 1. The minimum atomic E-state index is -0.408. The maximum Gasteiger partial charge on any atom is 0.262 e. The fourth-order valence-electron chi connectivity index (χ4n) is 3.69. The van der Waals surface area contributed by atoms with Crippen molar-refractivity contribution in [1.82, 2.24) is 4.90 Å². The molecule has 3 aromatic carbocycles. The number of hydrogen-bond donors (Lipinski definition) is 1. The number of fused-ring (bicyclic) bond motifs is 1. The van der Waals surface area contributed by atoms with E-state index in [1.165, 1.54) is 12.1 Å². The highest BCUT2D eigenvalue weighted by atomic mass is 19.1. The van der Waals surface area contributed by atoms with Gasteiger partial charge in [0.25, 0.3) is 5.91 Å². The third kappa shape index (κ3) is 5.62. The Morgan fingerprint density at radius 1 is 1.00 bits per heavy atom. The number of halogens is 1. The molecule has 0 fully saturated rings. The SMILES string of the molecule is CCN(CC)Cc1cc(-c2ccc3c(c2)OCO3)ccc1OCC(=O)Nc1cccc(F)c1.